The average molecular weight is 1000 g/mol. The summed E-state index contributed by atoms with van der Waals surface area (Å²) in [4.78, 5) is 48.3. The van der Waals surface area contributed by atoms with E-state index in [0.29, 0.717) is 19.3 Å². The number of esters is 3. The summed E-state index contributed by atoms with van der Waals surface area (Å²) < 4.78 is 39.3. The molecule has 0 amide bonds. The van der Waals surface area contributed by atoms with Crippen LogP contribution in [0.3, 0.4) is 0 Å². The molecule has 0 heterocycles. The zero-order chi connectivity index (χ0) is 51.3. The predicted octanol–water partition coefficient (Wildman–Crippen LogP) is 15.7. The Morgan fingerprint density at radius 1 is 0.429 bits per heavy atom. The van der Waals surface area contributed by atoms with Crippen molar-refractivity contribution in [3.8, 4) is 0 Å². The first kappa shape index (κ1) is 66.4. The summed E-state index contributed by atoms with van der Waals surface area (Å²) in [5.74, 6) is -1.65. The molecule has 12 heteroatoms. The number of carbonyl (C=O) groups is 3. The molecule has 70 heavy (non-hydrogen) atoms. The van der Waals surface area contributed by atoms with Crippen molar-refractivity contribution in [2.24, 2.45) is 0 Å². The van der Waals surface area contributed by atoms with Gasteiger partial charge in [-0.05, 0) is 77.0 Å². The molecule has 11 nitrogen and oxygen atoms in total. The summed E-state index contributed by atoms with van der Waals surface area (Å²) >= 11 is 0. The first-order valence-electron chi connectivity index (χ1n) is 27.1. The minimum Gasteiger partial charge on any atom is -0.462 e. The van der Waals surface area contributed by atoms with Crippen LogP contribution < -0.4 is 0 Å². The second-order valence-electron chi connectivity index (χ2n) is 17.7. The number of carbonyl (C=O) groups excluding carboxylic acids is 3. The molecule has 2 N–H and O–H groups in total. The maximum atomic E-state index is 12.9. The van der Waals surface area contributed by atoms with E-state index >= 15 is 0 Å². The van der Waals surface area contributed by atoms with Crippen LogP contribution in [0.15, 0.2) is 97.2 Å². The molecule has 0 aliphatic rings. The minimum absolute atomic E-state index is 0.0690. The van der Waals surface area contributed by atoms with Crippen molar-refractivity contribution >= 4 is 25.7 Å². The molecule has 0 aliphatic heterocycles. The lowest BCUT2D eigenvalue weighted by atomic mass is 10.0. The molecule has 0 saturated heterocycles. The van der Waals surface area contributed by atoms with Crippen molar-refractivity contribution in [2.75, 3.05) is 26.4 Å². The Balaban J connectivity index is 4.87. The van der Waals surface area contributed by atoms with Gasteiger partial charge in [0.05, 0.1) is 26.2 Å². The lowest BCUT2D eigenvalue weighted by molar-refractivity contribution is -0.160. The highest BCUT2D eigenvalue weighted by molar-refractivity contribution is 7.47. The van der Waals surface area contributed by atoms with Gasteiger partial charge in [-0.15, -0.1) is 0 Å². The Kier molecular flexibility index (Phi) is 49.1. The quantitative estimate of drug-likeness (QED) is 0.0197. The summed E-state index contributed by atoms with van der Waals surface area (Å²) in [6.07, 6.45) is 59.8. The van der Waals surface area contributed by atoms with Gasteiger partial charge in [0, 0.05) is 12.8 Å². The van der Waals surface area contributed by atoms with E-state index in [1.54, 1.807) is 6.08 Å². The van der Waals surface area contributed by atoms with Crippen molar-refractivity contribution in [3.05, 3.63) is 97.2 Å². The third kappa shape index (κ3) is 49.4. The van der Waals surface area contributed by atoms with Crippen molar-refractivity contribution < 1.29 is 52.2 Å². The molecule has 400 valence electrons. The van der Waals surface area contributed by atoms with E-state index in [1.807, 2.05) is 18.2 Å². The summed E-state index contributed by atoms with van der Waals surface area (Å²) in [5, 5.41) is 9.78. The number of phosphoric acid groups is 1. The summed E-state index contributed by atoms with van der Waals surface area (Å²) in [5.41, 5.74) is 0. The zero-order valence-corrected chi connectivity index (χ0v) is 44.8. The molecule has 0 bridgehead atoms. The molecule has 3 unspecified atom stereocenters. The largest absolute Gasteiger partial charge is 0.472 e. The number of hydrogen-bond donors (Lipinski definition) is 2. The molecule has 0 radical (unpaired) electrons. The standard InChI is InChI=1S/C58H97O11P/c1-4-7-10-13-16-19-22-25-27-30-32-35-38-41-44-47-56(60)65-51-55(69-58(62)49-46-43-40-37-34-31-28-26-23-20-17-14-11-8-5-2)53-67-70(63,64)66-52-54(50-59)68-57(61)48-45-42-39-36-33-29-24-21-18-15-12-9-6-3/h8-9,11-12,17-18,20-21,26,28-29,33-34,37,43,46,54-55,59H,4-7,10,13-16,19,22-25,27,30-32,35-36,38-42,44-45,47-53H2,1-3H3,(H,63,64)/b11-8-,12-9-,20-17-,21-18-,28-26-,33-29-,37-34-,46-43-. The van der Waals surface area contributed by atoms with Gasteiger partial charge in [-0.3, -0.25) is 23.4 Å². The summed E-state index contributed by atoms with van der Waals surface area (Å²) in [6.45, 7) is 4.26. The normalized spacial score (nSPS) is 14.2. The highest BCUT2D eigenvalue weighted by Gasteiger charge is 2.28. The van der Waals surface area contributed by atoms with Crippen LogP contribution in [0.5, 0.6) is 0 Å². The maximum Gasteiger partial charge on any atom is 0.472 e. The number of aliphatic hydroxyl groups excluding tert-OH is 1. The van der Waals surface area contributed by atoms with E-state index in [0.717, 1.165) is 83.5 Å². The van der Waals surface area contributed by atoms with E-state index in [-0.39, 0.29) is 25.9 Å². The molecule has 0 aliphatic carbocycles. The Bertz CT molecular complexity index is 1540. The molecular formula is C58H97O11P. The highest BCUT2D eigenvalue weighted by atomic mass is 31.2. The molecule has 3 atom stereocenters. The maximum absolute atomic E-state index is 12.9. The fraction of sp³-hybridized carbons (Fsp3) is 0.672. The number of rotatable bonds is 49. The molecule has 0 aromatic carbocycles. The topological polar surface area (TPSA) is 155 Å². The molecule has 0 fully saturated rings. The van der Waals surface area contributed by atoms with Crippen molar-refractivity contribution in [2.45, 2.75) is 226 Å². The van der Waals surface area contributed by atoms with Crippen LogP contribution in [-0.4, -0.2) is 66.5 Å². The third-order valence-corrected chi connectivity index (χ3v) is 12.0. The van der Waals surface area contributed by atoms with Crippen LogP contribution >= 0.6 is 7.82 Å². The van der Waals surface area contributed by atoms with Gasteiger partial charge in [0.2, 0.25) is 0 Å². The number of aliphatic hydroxyl groups is 1. The zero-order valence-electron chi connectivity index (χ0n) is 43.9. The van der Waals surface area contributed by atoms with E-state index in [4.69, 9.17) is 23.3 Å². The lowest BCUT2D eigenvalue weighted by Crippen LogP contribution is -2.30. The third-order valence-electron chi connectivity index (χ3n) is 11.0. The van der Waals surface area contributed by atoms with Crippen LogP contribution in [0.4, 0.5) is 0 Å². The fourth-order valence-corrected chi connectivity index (χ4v) is 7.76. The highest BCUT2D eigenvalue weighted by Crippen LogP contribution is 2.43. The van der Waals surface area contributed by atoms with Gasteiger partial charge in [0.25, 0.3) is 0 Å². The van der Waals surface area contributed by atoms with Gasteiger partial charge in [-0.1, -0.05) is 214 Å². The first-order chi connectivity index (χ1) is 34.2. The Labute approximate surface area is 425 Å². The lowest BCUT2D eigenvalue weighted by Gasteiger charge is -2.21. The molecule has 0 saturated carbocycles. The smallest absolute Gasteiger partial charge is 0.462 e. The molecular weight excluding hydrogens is 904 g/mol. The second-order valence-corrected chi connectivity index (χ2v) is 19.1. The number of allylic oxidation sites excluding steroid dienone is 15. The van der Waals surface area contributed by atoms with E-state index < -0.39 is 57.8 Å². The molecule has 0 rings (SSSR count). The van der Waals surface area contributed by atoms with Crippen LogP contribution in [0.2, 0.25) is 0 Å². The number of phosphoric ester groups is 1. The van der Waals surface area contributed by atoms with Gasteiger partial charge in [-0.25, -0.2) is 4.57 Å². The van der Waals surface area contributed by atoms with Gasteiger partial charge in [-0.2, -0.15) is 0 Å². The number of hydrogen-bond acceptors (Lipinski definition) is 10. The predicted molar refractivity (Wildman–Crippen MR) is 288 cm³/mol. The van der Waals surface area contributed by atoms with E-state index in [9.17, 15) is 28.9 Å². The van der Waals surface area contributed by atoms with Crippen LogP contribution in [0.1, 0.15) is 213 Å². The number of unbranched alkanes of at least 4 members (excludes halogenated alkanes) is 17. The Morgan fingerprint density at radius 3 is 1.26 bits per heavy atom. The average Bonchev–Trinajstić information content (AvgIpc) is 3.35. The minimum atomic E-state index is -4.78. The molecule has 0 spiro atoms. The van der Waals surface area contributed by atoms with Crippen molar-refractivity contribution in [3.63, 3.8) is 0 Å². The van der Waals surface area contributed by atoms with E-state index in [2.05, 4.69) is 93.7 Å². The summed E-state index contributed by atoms with van der Waals surface area (Å²) in [7, 11) is -4.78. The van der Waals surface area contributed by atoms with Gasteiger partial charge in [0.1, 0.15) is 12.7 Å². The van der Waals surface area contributed by atoms with Gasteiger partial charge < -0.3 is 24.2 Å². The van der Waals surface area contributed by atoms with Gasteiger partial charge in [0.15, 0.2) is 6.10 Å². The van der Waals surface area contributed by atoms with Gasteiger partial charge >= 0.3 is 25.7 Å². The van der Waals surface area contributed by atoms with Crippen molar-refractivity contribution in [1.29, 1.82) is 0 Å². The summed E-state index contributed by atoms with van der Waals surface area (Å²) in [6, 6.07) is 0. The SMILES string of the molecule is CC/C=C\C/C=C\C/C=C\C/C=C\C/C=C\CC(=O)OC(COC(=O)CCCCCCCCCCCCCCCCC)COP(=O)(O)OCC(CO)OC(=O)CCCCC/C=C\C/C=C\C/C=C\CC. The van der Waals surface area contributed by atoms with E-state index in [1.165, 1.54) is 70.6 Å². The molecule has 0 aromatic heterocycles. The fourth-order valence-electron chi connectivity index (χ4n) is 6.97. The van der Waals surface area contributed by atoms with Crippen LogP contribution in [-0.2, 0) is 42.2 Å². The monoisotopic (exact) mass is 1000 g/mol. The Morgan fingerprint density at radius 2 is 0.800 bits per heavy atom. The van der Waals surface area contributed by atoms with Crippen LogP contribution in [0.25, 0.3) is 0 Å². The van der Waals surface area contributed by atoms with Crippen LogP contribution in [0, 0.1) is 0 Å². The molecule has 0 aromatic rings. The second kappa shape index (κ2) is 51.7. The first-order valence-corrected chi connectivity index (χ1v) is 28.6. The Hall–Kier alpha value is -3.60. The van der Waals surface area contributed by atoms with Crippen molar-refractivity contribution in [1.82, 2.24) is 0 Å². The number of ether oxygens (including phenoxy) is 3.